The third kappa shape index (κ3) is 4.02. The Morgan fingerprint density at radius 2 is 2.07 bits per heavy atom. The van der Waals surface area contributed by atoms with Crippen molar-refractivity contribution in [3.63, 3.8) is 0 Å². The normalized spacial score (nSPS) is 13.7. The van der Waals surface area contributed by atoms with Crippen LogP contribution in [-0.2, 0) is 35.6 Å². The van der Waals surface area contributed by atoms with Crippen LogP contribution in [0.3, 0.4) is 0 Å². The molecule has 3 aromatic heterocycles. The van der Waals surface area contributed by atoms with Gasteiger partial charge in [0, 0.05) is 43.1 Å². The Labute approximate surface area is 175 Å². The van der Waals surface area contributed by atoms with Crippen LogP contribution in [0.15, 0.2) is 16.7 Å². The second-order valence-corrected chi connectivity index (χ2v) is 7.62. The first kappa shape index (κ1) is 20.3. The summed E-state index contributed by atoms with van der Waals surface area (Å²) in [6.45, 7) is 11.0. The van der Waals surface area contributed by atoms with Gasteiger partial charge in [-0.3, -0.25) is 14.2 Å². The molecule has 9 heteroatoms. The van der Waals surface area contributed by atoms with Gasteiger partial charge in [0.25, 0.3) is 0 Å². The number of aromatic nitrogens is 5. The minimum absolute atomic E-state index is 0.0449. The van der Waals surface area contributed by atoms with Crippen molar-refractivity contribution in [2.45, 2.75) is 53.8 Å². The van der Waals surface area contributed by atoms with Gasteiger partial charge in [0.15, 0.2) is 5.69 Å². The van der Waals surface area contributed by atoms with E-state index in [2.05, 4.69) is 10.1 Å². The number of nitrogens with zero attached hydrogens (tertiary/aromatic N) is 6. The van der Waals surface area contributed by atoms with Gasteiger partial charge in [-0.25, -0.2) is 4.98 Å². The first-order valence-corrected chi connectivity index (χ1v) is 10.3. The van der Waals surface area contributed by atoms with Crippen LogP contribution in [0.1, 0.15) is 35.3 Å². The second-order valence-electron chi connectivity index (χ2n) is 7.62. The van der Waals surface area contributed by atoms with Gasteiger partial charge in [0.05, 0.1) is 25.0 Å². The summed E-state index contributed by atoms with van der Waals surface area (Å²) in [5.41, 5.74) is 4.73. The SMILES string of the molecule is CCOCCn1nc(-c2ncc(C)o2)c2c1CCN(C(=O)Cn1nc(C)cc1C)C2. The number of rotatable bonds is 7. The minimum Gasteiger partial charge on any atom is -0.440 e. The number of carbonyl (C=O) groups excluding carboxylic acids is 1. The van der Waals surface area contributed by atoms with Gasteiger partial charge in [-0.1, -0.05) is 0 Å². The fourth-order valence-electron chi connectivity index (χ4n) is 3.88. The van der Waals surface area contributed by atoms with Crippen molar-refractivity contribution in [2.24, 2.45) is 0 Å². The Bertz CT molecular complexity index is 1050. The molecule has 4 rings (SSSR count). The molecule has 0 saturated carbocycles. The molecule has 0 fully saturated rings. The second kappa shape index (κ2) is 8.43. The van der Waals surface area contributed by atoms with Crippen molar-refractivity contribution >= 4 is 5.91 Å². The summed E-state index contributed by atoms with van der Waals surface area (Å²) in [6.07, 6.45) is 2.42. The molecular formula is C21H28N6O3. The van der Waals surface area contributed by atoms with Crippen LogP contribution >= 0.6 is 0 Å². The monoisotopic (exact) mass is 412 g/mol. The Balaban J connectivity index is 1.59. The van der Waals surface area contributed by atoms with E-state index in [0.29, 0.717) is 44.4 Å². The van der Waals surface area contributed by atoms with Crippen LogP contribution in [0.5, 0.6) is 0 Å². The van der Waals surface area contributed by atoms with E-state index < -0.39 is 0 Å². The highest BCUT2D eigenvalue weighted by Gasteiger charge is 2.30. The molecule has 0 unspecified atom stereocenters. The highest BCUT2D eigenvalue weighted by molar-refractivity contribution is 5.76. The molecule has 0 saturated heterocycles. The maximum atomic E-state index is 13.0. The smallest absolute Gasteiger partial charge is 0.247 e. The lowest BCUT2D eigenvalue weighted by Crippen LogP contribution is -2.38. The van der Waals surface area contributed by atoms with Crippen LogP contribution in [-0.4, -0.2) is 55.1 Å². The first-order valence-electron chi connectivity index (χ1n) is 10.3. The van der Waals surface area contributed by atoms with Crippen LogP contribution in [0.4, 0.5) is 0 Å². The lowest BCUT2D eigenvalue weighted by atomic mass is 10.0. The van der Waals surface area contributed by atoms with Crippen molar-refractivity contribution < 1.29 is 13.9 Å². The standard InChI is InChI=1S/C21H28N6O3/c1-5-29-9-8-26-18-6-7-25(19(28)13-27-15(3)10-14(2)23-27)12-17(18)20(24-26)21-22-11-16(4)30-21/h10-11H,5-9,12-13H2,1-4H3. The molecule has 3 aromatic rings. The van der Waals surface area contributed by atoms with E-state index in [1.807, 2.05) is 43.3 Å². The summed E-state index contributed by atoms with van der Waals surface area (Å²) in [6, 6.07) is 1.98. The summed E-state index contributed by atoms with van der Waals surface area (Å²) in [7, 11) is 0. The minimum atomic E-state index is 0.0449. The number of amides is 1. The van der Waals surface area contributed by atoms with Gasteiger partial charge in [-0.05, 0) is 33.8 Å². The van der Waals surface area contributed by atoms with Crippen LogP contribution in [0.2, 0.25) is 0 Å². The summed E-state index contributed by atoms with van der Waals surface area (Å²) in [5.74, 6) is 1.27. The molecular weight excluding hydrogens is 384 g/mol. The van der Waals surface area contributed by atoms with Crippen LogP contribution in [0, 0.1) is 20.8 Å². The topological polar surface area (TPSA) is 91.2 Å². The zero-order chi connectivity index (χ0) is 21.3. The number of hydrogen-bond donors (Lipinski definition) is 0. The van der Waals surface area contributed by atoms with E-state index in [1.165, 1.54) is 0 Å². The highest BCUT2D eigenvalue weighted by Crippen LogP contribution is 2.30. The highest BCUT2D eigenvalue weighted by atomic mass is 16.5. The molecule has 1 aliphatic heterocycles. The number of carbonyl (C=O) groups is 1. The third-order valence-corrected chi connectivity index (χ3v) is 5.35. The molecule has 160 valence electrons. The van der Waals surface area contributed by atoms with Crippen LogP contribution < -0.4 is 0 Å². The van der Waals surface area contributed by atoms with E-state index in [1.54, 1.807) is 10.9 Å². The van der Waals surface area contributed by atoms with Crippen molar-refractivity contribution in [3.8, 4) is 11.6 Å². The summed E-state index contributed by atoms with van der Waals surface area (Å²) >= 11 is 0. The fraction of sp³-hybridized carbons (Fsp3) is 0.524. The summed E-state index contributed by atoms with van der Waals surface area (Å²) < 4.78 is 15.0. The van der Waals surface area contributed by atoms with Gasteiger partial charge in [0.2, 0.25) is 11.8 Å². The average molecular weight is 412 g/mol. The van der Waals surface area contributed by atoms with Gasteiger partial charge in [-0.15, -0.1) is 0 Å². The summed E-state index contributed by atoms with van der Waals surface area (Å²) in [4.78, 5) is 19.2. The van der Waals surface area contributed by atoms with Gasteiger partial charge >= 0.3 is 0 Å². The van der Waals surface area contributed by atoms with Crippen molar-refractivity contribution in [1.29, 1.82) is 0 Å². The van der Waals surface area contributed by atoms with Crippen molar-refractivity contribution in [3.05, 3.63) is 40.7 Å². The molecule has 0 radical (unpaired) electrons. The average Bonchev–Trinajstić information content (AvgIpc) is 3.39. The maximum absolute atomic E-state index is 13.0. The molecule has 0 aromatic carbocycles. The molecule has 30 heavy (non-hydrogen) atoms. The predicted octanol–water partition coefficient (Wildman–Crippen LogP) is 2.28. The zero-order valence-electron chi connectivity index (χ0n) is 18.0. The molecule has 1 aliphatic rings. The Morgan fingerprint density at radius 3 is 2.73 bits per heavy atom. The lowest BCUT2D eigenvalue weighted by Gasteiger charge is -2.28. The van der Waals surface area contributed by atoms with Crippen LogP contribution in [0.25, 0.3) is 11.6 Å². The lowest BCUT2D eigenvalue weighted by molar-refractivity contribution is -0.133. The third-order valence-electron chi connectivity index (χ3n) is 5.35. The van der Waals surface area contributed by atoms with E-state index in [9.17, 15) is 4.79 Å². The van der Waals surface area contributed by atoms with Crippen molar-refractivity contribution in [1.82, 2.24) is 29.4 Å². The molecule has 0 atom stereocenters. The molecule has 0 aliphatic carbocycles. The molecule has 9 nitrogen and oxygen atoms in total. The van der Waals surface area contributed by atoms with Gasteiger partial charge < -0.3 is 14.1 Å². The number of hydrogen-bond acceptors (Lipinski definition) is 6. The van der Waals surface area contributed by atoms with E-state index in [-0.39, 0.29) is 12.5 Å². The van der Waals surface area contributed by atoms with E-state index in [0.717, 1.165) is 34.8 Å². The quantitative estimate of drug-likeness (QED) is 0.553. The van der Waals surface area contributed by atoms with E-state index >= 15 is 0 Å². The number of oxazole rings is 1. The zero-order valence-corrected chi connectivity index (χ0v) is 18.0. The number of aryl methyl sites for hydroxylation is 3. The Kier molecular flexibility index (Phi) is 5.72. The molecule has 0 bridgehead atoms. The Morgan fingerprint density at radius 1 is 1.23 bits per heavy atom. The van der Waals surface area contributed by atoms with Gasteiger partial charge in [-0.2, -0.15) is 10.2 Å². The summed E-state index contributed by atoms with van der Waals surface area (Å²) in [5, 5.41) is 9.18. The molecule has 0 N–H and O–H groups in total. The van der Waals surface area contributed by atoms with E-state index in [4.69, 9.17) is 14.3 Å². The Hall–Kier alpha value is -2.94. The van der Waals surface area contributed by atoms with Crippen molar-refractivity contribution in [2.75, 3.05) is 19.8 Å². The molecule has 0 spiro atoms. The fourth-order valence-corrected chi connectivity index (χ4v) is 3.88. The largest absolute Gasteiger partial charge is 0.440 e. The first-order chi connectivity index (χ1) is 14.5. The molecule has 4 heterocycles. The number of fused-ring (bicyclic) bond motifs is 1. The van der Waals surface area contributed by atoms with Gasteiger partial charge in [0.1, 0.15) is 12.3 Å². The maximum Gasteiger partial charge on any atom is 0.247 e. The number of ether oxygens (including phenoxy) is 1. The molecule has 1 amide bonds. The predicted molar refractivity (Wildman–Crippen MR) is 110 cm³/mol.